The number of hydrogen-bond acceptors (Lipinski definition) is 4. The van der Waals surface area contributed by atoms with Crippen molar-refractivity contribution in [2.75, 3.05) is 26.2 Å². The van der Waals surface area contributed by atoms with Gasteiger partial charge in [0, 0.05) is 0 Å². The number of aromatic hydroxyl groups is 2. The maximum atomic E-state index is 11.0. The first-order valence-electron chi connectivity index (χ1n) is 22.4. The SMILES string of the molecule is CC(C)(C)c1cc(CCCCCCCNCCCCCCCCNCCCCCCCc2cc(C(C)(C)C)c(O)c(C(C)(C)C)c2)cc(C(C)(C)C)c1O. The number of rotatable bonds is 25. The highest BCUT2D eigenvalue weighted by atomic mass is 16.3. The normalized spacial score (nSPS) is 12.9. The zero-order valence-corrected chi connectivity index (χ0v) is 37.8. The molecule has 2 rings (SSSR count). The van der Waals surface area contributed by atoms with Crippen LogP contribution < -0.4 is 10.6 Å². The molecule has 0 fully saturated rings. The van der Waals surface area contributed by atoms with Gasteiger partial charge in [-0.05, 0) is 133 Å². The van der Waals surface area contributed by atoms with Crippen LogP contribution >= 0.6 is 0 Å². The molecule has 2 aromatic carbocycles. The third-order valence-corrected chi connectivity index (χ3v) is 11.2. The summed E-state index contributed by atoms with van der Waals surface area (Å²) in [7, 11) is 0. The fourth-order valence-corrected chi connectivity index (χ4v) is 7.64. The maximum Gasteiger partial charge on any atom is 0.123 e. The summed E-state index contributed by atoms with van der Waals surface area (Å²) < 4.78 is 0. The molecule has 0 atom stereocenters. The monoisotopic (exact) mass is 749 g/mol. The first kappa shape index (κ1) is 48.1. The first-order chi connectivity index (χ1) is 25.2. The molecule has 0 amide bonds. The zero-order chi connectivity index (χ0) is 40.4. The predicted octanol–water partition coefficient (Wildman–Crippen LogP) is 13.5. The van der Waals surface area contributed by atoms with Gasteiger partial charge in [-0.15, -0.1) is 0 Å². The van der Waals surface area contributed by atoms with Crippen LogP contribution in [0.4, 0.5) is 0 Å². The van der Waals surface area contributed by atoms with Gasteiger partial charge in [-0.25, -0.2) is 0 Å². The largest absolute Gasteiger partial charge is 0.507 e. The fourth-order valence-electron chi connectivity index (χ4n) is 7.64. The predicted molar refractivity (Wildman–Crippen MR) is 238 cm³/mol. The minimum atomic E-state index is -0.0555. The lowest BCUT2D eigenvalue weighted by Gasteiger charge is -2.28. The molecule has 4 heteroatoms. The van der Waals surface area contributed by atoms with E-state index in [2.05, 4.69) is 118 Å². The number of hydrogen-bond donors (Lipinski definition) is 4. The van der Waals surface area contributed by atoms with E-state index >= 15 is 0 Å². The van der Waals surface area contributed by atoms with Crippen molar-refractivity contribution in [3.8, 4) is 11.5 Å². The number of benzene rings is 2. The minimum absolute atomic E-state index is 0.0555. The van der Waals surface area contributed by atoms with Gasteiger partial charge in [-0.3, -0.25) is 0 Å². The number of aryl methyl sites for hydroxylation is 2. The third-order valence-electron chi connectivity index (χ3n) is 11.2. The second-order valence-corrected chi connectivity index (χ2v) is 20.7. The van der Waals surface area contributed by atoms with Crippen molar-refractivity contribution in [2.24, 2.45) is 0 Å². The third kappa shape index (κ3) is 18.3. The van der Waals surface area contributed by atoms with Crippen LogP contribution in [0.2, 0.25) is 0 Å². The Morgan fingerprint density at radius 3 is 0.759 bits per heavy atom. The van der Waals surface area contributed by atoms with Crippen LogP contribution in [0.15, 0.2) is 24.3 Å². The van der Waals surface area contributed by atoms with Gasteiger partial charge in [0.25, 0.3) is 0 Å². The molecule has 0 aliphatic rings. The highest BCUT2D eigenvalue weighted by molar-refractivity contribution is 5.51. The molecule has 4 N–H and O–H groups in total. The molecule has 54 heavy (non-hydrogen) atoms. The molecule has 0 saturated heterocycles. The van der Waals surface area contributed by atoms with E-state index in [0.29, 0.717) is 11.5 Å². The van der Waals surface area contributed by atoms with E-state index in [1.54, 1.807) is 0 Å². The molecule has 0 bridgehead atoms. The summed E-state index contributed by atoms with van der Waals surface area (Å²) in [5.74, 6) is 0.986. The molecule has 0 spiro atoms. The summed E-state index contributed by atoms with van der Waals surface area (Å²) in [6.45, 7) is 31.0. The van der Waals surface area contributed by atoms with Crippen LogP contribution in [0.25, 0.3) is 0 Å². The Kier molecular flexibility index (Phi) is 20.7. The first-order valence-corrected chi connectivity index (χ1v) is 22.4. The van der Waals surface area contributed by atoms with E-state index in [4.69, 9.17) is 0 Å². The summed E-state index contributed by atoms with van der Waals surface area (Å²) in [4.78, 5) is 0. The molecule has 0 aliphatic heterocycles. The second kappa shape index (κ2) is 23.3. The zero-order valence-electron chi connectivity index (χ0n) is 37.8. The quantitative estimate of drug-likeness (QED) is 0.0764. The summed E-state index contributed by atoms with van der Waals surface area (Å²) in [5, 5.41) is 29.3. The van der Waals surface area contributed by atoms with Gasteiger partial charge in [0.05, 0.1) is 0 Å². The molecule has 0 aliphatic carbocycles. The number of phenolic OH excluding ortho intramolecular Hbond substituents is 2. The summed E-state index contributed by atoms with van der Waals surface area (Å²) in [6.07, 6.45) is 23.1. The van der Waals surface area contributed by atoms with Crippen LogP contribution in [0.3, 0.4) is 0 Å². The van der Waals surface area contributed by atoms with Crippen LogP contribution in [-0.2, 0) is 34.5 Å². The molecule has 0 heterocycles. The van der Waals surface area contributed by atoms with E-state index < -0.39 is 0 Å². The Labute approximate surface area is 335 Å². The smallest absolute Gasteiger partial charge is 0.123 e. The van der Waals surface area contributed by atoms with E-state index in [1.165, 1.54) is 127 Å². The second-order valence-electron chi connectivity index (χ2n) is 20.7. The van der Waals surface area contributed by atoms with Gasteiger partial charge in [0.15, 0.2) is 0 Å². The van der Waals surface area contributed by atoms with Crippen LogP contribution in [0, 0.1) is 0 Å². The van der Waals surface area contributed by atoms with Gasteiger partial charge in [0.1, 0.15) is 11.5 Å². The summed E-state index contributed by atoms with van der Waals surface area (Å²) >= 11 is 0. The van der Waals surface area contributed by atoms with Crippen LogP contribution in [-0.4, -0.2) is 36.4 Å². The topological polar surface area (TPSA) is 64.5 Å². The molecule has 0 saturated carbocycles. The van der Waals surface area contributed by atoms with Crippen molar-refractivity contribution in [1.82, 2.24) is 10.6 Å². The van der Waals surface area contributed by atoms with E-state index in [0.717, 1.165) is 48.2 Å². The average Bonchev–Trinajstić information content (AvgIpc) is 3.05. The van der Waals surface area contributed by atoms with Gasteiger partial charge in [0.2, 0.25) is 0 Å². The molecule has 0 aromatic heterocycles. The van der Waals surface area contributed by atoms with Gasteiger partial charge in [-0.2, -0.15) is 0 Å². The van der Waals surface area contributed by atoms with E-state index in [-0.39, 0.29) is 21.7 Å². The molecular formula is C50H88N2O2. The van der Waals surface area contributed by atoms with Crippen molar-refractivity contribution in [3.63, 3.8) is 0 Å². The summed E-state index contributed by atoms with van der Waals surface area (Å²) in [6, 6.07) is 9.01. The fraction of sp³-hybridized carbons (Fsp3) is 0.760. The maximum absolute atomic E-state index is 11.0. The van der Waals surface area contributed by atoms with Crippen molar-refractivity contribution < 1.29 is 10.2 Å². The molecule has 4 nitrogen and oxygen atoms in total. The Hall–Kier alpha value is -2.04. The Morgan fingerprint density at radius 2 is 0.537 bits per heavy atom. The molecule has 310 valence electrons. The van der Waals surface area contributed by atoms with Gasteiger partial charge < -0.3 is 20.8 Å². The Morgan fingerprint density at radius 1 is 0.333 bits per heavy atom. The van der Waals surface area contributed by atoms with Crippen molar-refractivity contribution in [3.05, 3.63) is 57.6 Å². The van der Waals surface area contributed by atoms with Crippen molar-refractivity contribution in [1.29, 1.82) is 0 Å². The number of nitrogens with one attached hydrogen (secondary N) is 2. The van der Waals surface area contributed by atoms with Crippen LogP contribution in [0.1, 0.15) is 219 Å². The molecule has 0 unspecified atom stereocenters. The highest BCUT2D eigenvalue weighted by Crippen LogP contribution is 2.41. The lowest BCUT2D eigenvalue weighted by molar-refractivity contribution is 0.421. The van der Waals surface area contributed by atoms with Gasteiger partial charge >= 0.3 is 0 Å². The van der Waals surface area contributed by atoms with E-state index in [9.17, 15) is 10.2 Å². The molecule has 2 aromatic rings. The van der Waals surface area contributed by atoms with Crippen LogP contribution in [0.5, 0.6) is 11.5 Å². The molecule has 0 radical (unpaired) electrons. The number of unbranched alkanes of at least 4 members (excludes halogenated alkanes) is 13. The Balaban J connectivity index is 1.40. The highest BCUT2D eigenvalue weighted by Gasteiger charge is 2.27. The summed E-state index contributed by atoms with van der Waals surface area (Å²) in [5.41, 5.74) is 6.87. The minimum Gasteiger partial charge on any atom is -0.507 e. The number of phenols is 2. The lowest BCUT2D eigenvalue weighted by Crippen LogP contribution is -2.18. The van der Waals surface area contributed by atoms with Crippen molar-refractivity contribution in [2.45, 2.75) is 220 Å². The molecular weight excluding hydrogens is 661 g/mol. The van der Waals surface area contributed by atoms with E-state index in [1.807, 2.05) is 0 Å². The standard InChI is InChI=1S/C50H88N2O2/c1-47(2,3)41-35-39(36-42(45(41)53)48(4,5)6)29-23-17-15-21-27-33-51-31-25-19-13-14-20-26-32-52-34-28-22-16-18-24-30-40-37-43(49(7,8)9)46(54)44(38-40)50(10,11)12/h35-38,51-54H,13-34H2,1-12H3. The lowest BCUT2D eigenvalue weighted by atomic mass is 9.78. The Bertz CT molecular complexity index is 1160. The average molecular weight is 749 g/mol. The van der Waals surface area contributed by atoms with Gasteiger partial charge in [-0.1, -0.05) is 172 Å². The van der Waals surface area contributed by atoms with Crippen molar-refractivity contribution >= 4 is 0 Å².